The van der Waals surface area contributed by atoms with Crippen molar-refractivity contribution in [3.63, 3.8) is 0 Å². The zero-order valence-corrected chi connectivity index (χ0v) is 36.9. The molecule has 0 saturated heterocycles. The molecule has 0 amide bonds. The van der Waals surface area contributed by atoms with E-state index in [1.54, 1.807) is 54.6 Å². The molecule has 19 heteroatoms. The molecule has 0 N–H and O–H groups in total. The normalized spacial score (nSPS) is 12.8. The first-order valence-electron chi connectivity index (χ1n) is 21.6. The Balaban J connectivity index is 1.31. The van der Waals surface area contributed by atoms with Crippen LogP contribution in [0.3, 0.4) is 0 Å². The Labute approximate surface area is 406 Å². The summed E-state index contributed by atoms with van der Waals surface area (Å²) in [7, 11) is 0. The maximum Gasteiger partial charge on any atom is 0.417 e. The molecule has 0 aliphatic carbocycles. The van der Waals surface area contributed by atoms with Crippen LogP contribution in [0.4, 0.5) is 65.9 Å². The number of benzene rings is 8. The first kappa shape index (κ1) is 48.9. The van der Waals surface area contributed by atoms with Crippen LogP contribution in [0.2, 0.25) is 0 Å². The van der Waals surface area contributed by atoms with E-state index in [1.165, 1.54) is 57.7 Å². The second-order valence-electron chi connectivity index (χ2n) is 17.1. The van der Waals surface area contributed by atoms with Crippen molar-refractivity contribution in [1.29, 1.82) is 10.5 Å². The molecule has 0 bridgehead atoms. The molecule has 2 aromatic heterocycles. The summed E-state index contributed by atoms with van der Waals surface area (Å²) in [6.45, 7) is 0. The van der Waals surface area contributed by atoms with Gasteiger partial charge in [0, 0.05) is 27.1 Å². The number of hydrogen-bond donors (Lipinski definition) is 0. The van der Waals surface area contributed by atoms with Gasteiger partial charge >= 0.3 is 30.9 Å². The molecule has 4 nitrogen and oxygen atoms in total. The van der Waals surface area contributed by atoms with Crippen molar-refractivity contribution in [2.75, 3.05) is 0 Å². The summed E-state index contributed by atoms with van der Waals surface area (Å²) in [5, 5.41) is 21.5. The number of halogens is 15. The molecular formula is C55H25F15N4. The lowest BCUT2D eigenvalue weighted by atomic mass is 9.92. The smallest absolute Gasteiger partial charge is 0.308 e. The molecular weight excluding hydrogens is 1000 g/mol. The average molecular weight is 1030 g/mol. The van der Waals surface area contributed by atoms with Gasteiger partial charge in [0.05, 0.1) is 84.5 Å². The maximum absolute atomic E-state index is 15.5. The Morgan fingerprint density at radius 3 is 1.09 bits per heavy atom. The van der Waals surface area contributed by atoms with Gasteiger partial charge in [-0.1, -0.05) is 66.7 Å². The van der Waals surface area contributed by atoms with Gasteiger partial charge in [-0.15, -0.1) is 0 Å². The molecule has 8 aromatic carbocycles. The first-order chi connectivity index (χ1) is 34.8. The van der Waals surface area contributed by atoms with E-state index < -0.39 is 81.0 Å². The Morgan fingerprint density at radius 2 is 0.703 bits per heavy atom. The number of fused-ring (bicyclic) bond motifs is 6. The Bertz CT molecular complexity index is 3820. The fraction of sp³-hybridized carbons (Fsp3) is 0.0909. The highest BCUT2D eigenvalue weighted by atomic mass is 19.4. The topological polar surface area (TPSA) is 57.4 Å². The number of alkyl halides is 15. The van der Waals surface area contributed by atoms with Crippen LogP contribution in [-0.4, -0.2) is 9.13 Å². The third-order valence-corrected chi connectivity index (χ3v) is 12.7. The van der Waals surface area contributed by atoms with Gasteiger partial charge in [0.2, 0.25) is 0 Å². The summed E-state index contributed by atoms with van der Waals surface area (Å²) in [4.78, 5) is 0. The fourth-order valence-corrected chi connectivity index (χ4v) is 9.58. The van der Waals surface area contributed by atoms with Crippen LogP contribution in [0.15, 0.2) is 152 Å². The van der Waals surface area contributed by atoms with E-state index in [2.05, 4.69) is 0 Å². The predicted octanol–water partition coefficient (Wildman–Crippen LogP) is 17.7. The third kappa shape index (κ3) is 8.27. The molecule has 2 heterocycles. The fourth-order valence-electron chi connectivity index (χ4n) is 9.58. The second kappa shape index (κ2) is 16.9. The molecule has 0 atom stereocenters. The molecule has 0 aliphatic heterocycles. The lowest BCUT2D eigenvalue weighted by Crippen LogP contribution is -2.12. The second-order valence-corrected chi connectivity index (χ2v) is 17.1. The van der Waals surface area contributed by atoms with E-state index in [1.807, 2.05) is 6.07 Å². The van der Waals surface area contributed by atoms with Crippen LogP contribution < -0.4 is 0 Å². The number of rotatable bonds is 5. The molecule has 370 valence electrons. The zero-order chi connectivity index (χ0) is 53.0. The molecule has 0 saturated carbocycles. The van der Waals surface area contributed by atoms with E-state index in [0.717, 1.165) is 12.1 Å². The summed E-state index contributed by atoms with van der Waals surface area (Å²) in [6.07, 6.45) is -25.9. The van der Waals surface area contributed by atoms with Gasteiger partial charge < -0.3 is 9.13 Å². The Hall–Kier alpha value is -8.71. The number of para-hydroxylation sites is 2. The molecule has 0 radical (unpaired) electrons. The van der Waals surface area contributed by atoms with Gasteiger partial charge in [-0.3, -0.25) is 0 Å². The highest BCUT2D eigenvalue weighted by molar-refractivity contribution is 6.13. The van der Waals surface area contributed by atoms with Crippen molar-refractivity contribution in [2.24, 2.45) is 0 Å². The van der Waals surface area contributed by atoms with Crippen LogP contribution in [0.5, 0.6) is 0 Å². The number of nitriles is 2. The van der Waals surface area contributed by atoms with Crippen LogP contribution in [0.1, 0.15) is 38.9 Å². The molecule has 0 spiro atoms. The minimum Gasteiger partial charge on any atom is -0.308 e. The van der Waals surface area contributed by atoms with E-state index in [-0.39, 0.29) is 78.6 Å². The molecule has 0 aliphatic rings. The molecule has 0 unspecified atom stereocenters. The highest BCUT2D eigenvalue weighted by Crippen LogP contribution is 2.49. The van der Waals surface area contributed by atoms with Gasteiger partial charge in [-0.25, -0.2) is 0 Å². The lowest BCUT2D eigenvalue weighted by molar-refractivity contribution is -0.144. The maximum atomic E-state index is 15.5. The minimum absolute atomic E-state index is 0.0101. The van der Waals surface area contributed by atoms with Gasteiger partial charge in [0.15, 0.2) is 0 Å². The molecule has 10 aromatic rings. The highest BCUT2D eigenvalue weighted by Gasteiger charge is 2.41. The van der Waals surface area contributed by atoms with Gasteiger partial charge in [0.25, 0.3) is 0 Å². The zero-order valence-electron chi connectivity index (χ0n) is 36.9. The Kier molecular flexibility index (Phi) is 11.2. The van der Waals surface area contributed by atoms with E-state index in [9.17, 15) is 63.2 Å². The monoisotopic (exact) mass is 1030 g/mol. The summed E-state index contributed by atoms with van der Waals surface area (Å²) < 4.78 is 219. The van der Waals surface area contributed by atoms with E-state index >= 15 is 13.2 Å². The van der Waals surface area contributed by atoms with Crippen LogP contribution in [-0.2, 0) is 30.9 Å². The van der Waals surface area contributed by atoms with Gasteiger partial charge in [0.1, 0.15) is 0 Å². The third-order valence-electron chi connectivity index (χ3n) is 12.7. The lowest BCUT2D eigenvalue weighted by Gasteiger charge is -2.23. The summed E-state index contributed by atoms with van der Waals surface area (Å²) in [5.74, 6) is 0. The van der Waals surface area contributed by atoms with Crippen molar-refractivity contribution >= 4 is 43.6 Å². The summed E-state index contributed by atoms with van der Waals surface area (Å²) in [5.41, 5.74) is -10.0. The van der Waals surface area contributed by atoms with Crippen molar-refractivity contribution in [1.82, 2.24) is 9.13 Å². The van der Waals surface area contributed by atoms with Crippen molar-refractivity contribution in [3.8, 4) is 56.9 Å². The standard InChI is InChI=1S/C55H25F15N4/c56-51(57,58)32-12-15-34(42(24-32)54(65,66)67)30-10-17-46-39(22-30)36-5-1-3-7-44(36)73(46)48-20-29(27-72)21-49(50(48)38-14-9-28(26-71)19-41(38)53(62,63)64)74-45-8-4-2-6-37(45)40-23-31(11-18-47(40)74)35-16-13-33(52(59,60)61)25-43(35)55(68,69)70/h1-25H. The number of hydrogen-bond acceptors (Lipinski definition) is 2. The molecule has 74 heavy (non-hydrogen) atoms. The molecule has 0 fully saturated rings. The SMILES string of the molecule is N#Cc1cc(-n2c3ccccc3c3cc(-c4ccc(C(F)(F)F)cc4C(F)(F)F)ccc32)c(-c2ccc(C#N)cc2C(F)(F)F)c(-n2c3ccccc3c3cc(-c4ccc(C(F)(F)F)cc4C(F)(F)F)ccc32)c1. The van der Waals surface area contributed by atoms with Crippen molar-refractivity contribution in [2.45, 2.75) is 30.9 Å². The summed E-state index contributed by atoms with van der Waals surface area (Å²) >= 11 is 0. The Morgan fingerprint density at radius 1 is 0.324 bits per heavy atom. The summed E-state index contributed by atoms with van der Waals surface area (Å²) in [6, 6.07) is 31.4. The van der Waals surface area contributed by atoms with E-state index in [0.29, 0.717) is 41.1 Å². The first-order valence-corrected chi connectivity index (χ1v) is 21.6. The van der Waals surface area contributed by atoms with E-state index in [4.69, 9.17) is 0 Å². The van der Waals surface area contributed by atoms with Crippen LogP contribution in [0.25, 0.3) is 88.4 Å². The van der Waals surface area contributed by atoms with Crippen molar-refractivity contribution in [3.05, 3.63) is 191 Å². The average Bonchev–Trinajstić information content (AvgIpc) is 3.86. The predicted molar refractivity (Wildman–Crippen MR) is 246 cm³/mol. The number of aromatic nitrogens is 2. The molecule has 10 rings (SSSR count). The quantitative estimate of drug-likeness (QED) is 0.161. The van der Waals surface area contributed by atoms with Crippen LogP contribution >= 0.6 is 0 Å². The number of nitrogens with zero attached hydrogens (tertiary/aromatic N) is 4. The largest absolute Gasteiger partial charge is 0.417 e. The minimum atomic E-state index is -5.26. The van der Waals surface area contributed by atoms with Gasteiger partial charge in [-0.2, -0.15) is 76.4 Å². The van der Waals surface area contributed by atoms with Crippen molar-refractivity contribution < 1.29 is 65.9 Å². The van der Waals surface area contributed by atoms with Gasteiger partial charge in [-0.05, 0) is 113 Å². The van der Waals surface area contributed by atoms with Crippen LogP contribution in [0, 0.1) is 22.7 Å².